The number of anilines is 1. The Kier molecular flexibility index (Phi) is 11.2. The summed E-state index contributed by atoms with van der Waals surface area (Å²) in [6, 6.07) is 12.5. The lowest BCUT2D eigenvalue weighted by Gasteiger charge is -2.32. The average Bonchev–Trinajstić information content (AvgIpc) is 2.85. The molecule has 0 aromatic heterocycles. The molecule has 38 heavy (non-hydrogen) atoms. The Hall–Kier alpha value is -3.08. The van der Waals surface area contributed by atoms with E-state index in [1.54, 1.807) is 0 Å². The highest BCUT2D eigenvalue weighted by Crippen LogP contribution is 2.32. The molecule has 0 aliphatic carbocycles. The van der Waals surface area contributed by atoms with Gasteiger partial charge in [0.05, 0.1) is 17.5 Å². The third kappa shape index (κ3) is 9.04. The van der Waals surface area contributed by atoms with Crippen LogP contribution in [0.3, 0.4) is 0 Å². The van der Waals surface area contributed by atoms with Crippen molar-refractivity contribution in [2.24, 2.45) is 0 Å². The fourth-order valence-electron chi connectivity index (χ4n) is 3.98. The number of amides is 2. The van der Waals surface area contributed by atoms with Gasteiger partial charge in [-0.05, 0) is 49.9 Å². The van der Waals surface area contributed by atoms with Crippen LogP contribution in [0, 0.1) is 0 Å². The van der Waals surface area contributed by atoms with Crippen molar-refractivity contribution in [3.8, 4) is 0 Å². The molecular formula is C27H36F3N3O4S. The molecule has 0 aliphatic heterocycles. The molecule has 2 aromatic carbocycles. The summed E-state index contributed by atoms with van der Waals surface area (Å²) in [4.78, 5) is 27.9. The standard InChI is InChI=1S/C27H36F3N3O4S/c1-5-20(3)31-26(35)24(6-2)32(19-21-12-8-7-9-13-21)25(34)16-11-17-33(38(4,36)37)23-15-10-14-22(18-23)27(28,29)30/h7-10,12-15,18,20,24H,5-6,11,16-17,19H2,1-4H3,(H,31,35)/t20-,24-/m1/s1. The number of halogens is 3. The molecule has 0 bridgehead atoms. The smallest absolute Gasteiger partial charge is 0.352 e. The number of alkyl halides is 3. The predicted octanol–water partition coefficient (Wildman–Crippen LogP) is 4.97. The molecule has 0 heterocycles. The van der Waals surface area contributed by atoms with Crippen molar-refractivity contribution in [1.82, 2.24) is 10.2 Å². The molecule has 0 unspecified atom stereocenters. The Labute approximate surface area is 223 Å². The molecular weight excluding hydrogens is 519 g/mol. The Morgan fingerprint density at radius 2 is 1.66 bits per heavy atom. The quantitative estimate of drug-likeness (QED) is 0.378. The Morgan fingerprint density at radius 1 is 1.00 bits per heavy atom. The number of hydrogen-bond donors (Lipinski definition) is 1. The molecule has 0 aliphatic rings. The van der Waals surface area contributed by atoms with E-state index in [9.17, 15) is 31.2 Å². The molecule has 0 fully saturated rings. The summed E-state index contributed by atoms with van der Waals surface area (Å²) in [5.41, 5.74) is -0.264. The first-order valence-corrected chi connectivity index (χ1v) is 14.4. The van der Waals surface area contributed by atoms with Gasteiger partial charge in [-0.3, -0.25) is 13.9 Å². The van der Waals surface area contributed by atoms with E-state index in [1.165, 1.54) is 11.0 Å². The minimum Gasteiger partial charge on any atom is -0.352 e. The number of nitrogens with one attached hydrogen (secondary N) is 1. The minimum atomic E-state index is -4.63. The van der Waals surface area contributed by atoms with Gasteiger partial charge in [0.15, 0.2) is 0 Å². The largest absolute Gasteiger partial charge is 0.416 e. The van der Waals surface area contributed by atoms with Gasteiger partial charge in [0.2, 0.25) is 21.8 Å². The third-order valence-electron chi connectivity index (χ3n) is 6.20. The molecule has 2 rings (SSSR count). The van der Waals surface area contributed by atoms with Gasteiger partial charge in [0.25, 0.3) is 0 Å². The van der Waals surface area contributed by atoms with Gasteiger partial charge in [0, 0.05) is 25.6 Å². The van der Waals surface area contributed by atoms with E-state index in [2.05, 4.69) is 5.32 Å². The van der Waals surface area contributed by atoms with Gasteiger partial charge in [-0.1, -0.05) is 50.2 Å². The summed E-state index contributed by atoms with van der Waals surface area (Å²) in [6.45, 7) is 5.62. The normalized spacial score (nSPS) is 13.4. The molecule has 0 saturated carbocycles. The zero-order valence-corrected chi connectivity index (χ0v) is 23.0. The zero-order chi connectivity index (χ0) is 28.5. The Bertz CT molecular complexity index is 1170. The molecule has 2 atom stereocenters. The number of sulfonamides is 1. The minimum absolute atomic E-state index is 0.0524. The summed E-state index contributed by atoms with van der Waals surface area (Å²) in [6.07, 6.45) is -2.66. The van der Waals surface area contributed by atoms with E-state index in [-0.39, 0.29) is 49.5 Å². The lowest BCUT2D eigenvalue weighted by Crippen LogP contribution is -2.50. The second-order valence-corrected chi connectivity index (χ2v) is 11.1. The van der Waals surface area contributed by atoms with E-state index >= 15 is 0 Å². The van der Waals surface area contributed by atoms with Crippen molar-refractivity contribution in [2.45, 2.75) is 71.3 Å². The molecule has 1 N–H and O–H groups in total. The number of nitrogens with zero attached hydrogens (tertiary/aromatic N) is 2. The fraction of sp³-hybridized carbons (Fsp3) is 0.481. The molecule has 7 nitrogen and oxygen atoms in total. The molecule has 2 aromatic rings. The van der Waals surface area contributed by atoms with Crippen LogP contribution < -0.4 is 9.62 Å². The van der Waals surface area contributed by atoms with Gasteiger partial charge < -0.3 is 10.2 Å². The third-order valence-corrected chi connectivity index (χ3v) is 7.39. The van der Waals surface area contributed by atoms with Gasteiger partial charge in [-0.15, -0.1) is 0 Å². The SMILES string of the molecule is CC[C@@H](C)NC(=O)[C@@H](CC)N(Cc1ccccc1)C(=O)CCCN(c1cccc(C(F)(F)F)c1)S(C)(=O)=O. The molecule has 0 spiro atoms. The summed E-state index contributed by atoms with van der Waals surface area (Å²) >= 11 is 0. The lowest BCUT2D eigenvalue weighted by atomic mass is 10.1. The van der Waals surface area contributed by atoms with Gasteiger partial charge in [-0.25, -0.2) is 8.42 Å². The first-order chi connectivity index (χ1) is 17.8. The molecule has 11 heteroatoms. The maximum Gasteiger partial charge on any atom is 0.416 e. The maximum absolute atomic E-state index is 13.4. The van der Waals surface area contributed by atoms with Crippen LogP contribution in [0.5, 0.6) is 0 Å². The van der Waals surface area contributed by atoms with E-state index in [0.717, 1.165) is 40.7 Å². The Morgan fingerprint density at radius 3 is 2.21 bits per heavy atom. The van der Waals surface area contributed by atoms with E-state index < -0.39 is 27.8 Å². The lowest BCUT2D eigenvalue weighted by molar-refractivity contribution is -0.141. The van der Waals surface area contributed by atoms with Crippen LogP contribution in [0.4, 0.5) is 18.9 Å². The Balaban J connectivity index is 2.24. The van der Waals surface area contributed by atoms with Crippen molar-refractivity contribution in [1.29, 1.82) is 0 Å². The second-order valence-electron chi connectivity index (χ2n) is 9.24. The number of carbonyl (C=O) groups excluding carboxylic acids is 2. The fourth-order valence-corrected chi connectivity index (χ4v) is 4.94. The summed E-state index contributed by atoms with van der Waals surface area (Å²) in [5, 5.41) is 2.92. The second kappa shape index (κ2) is 13.6. The summed E-state index contributed by atoms with van der Waals surface area (Å²) in [7, 11) is -3.92. The highest BCUT2D eigenvalue weighted by Gasteiger charge is 2.32. The van der Waals surface area contributed by atoms with Crippen LogP contribution in [0.1, 0.15) is 57.6 Å². The number of benzene rings is 2. The van der Waals surface area contributed by atoms with E-state index in [0.29, 0.717) is 6.42 Å². The zero-order valence-electron chi connectivity index (χ0n) is 22.2. The summed E-state index contributed by atoms with van der Waals surface area (Å²) in [5.74, 6) is -0.620. The van der Waals surface area contributed by atoms with Crippen LogP contribution in [0.25, 0.3) is 0 Å². The van der Waals surface area contributed by atoms with Crippen LogP contribution in [-0.2, 0) is 32.3 Å². The van der Waals surface area contributed by atoms with Crippen LogP contribution in [0.15, 0.2) is 54.6 Å². The van der Waals surface area contributed by atoms with Crippen molar-refractivity contribution in [2.75, 3.05) is 17.1 Å². The first kappa shape index (κ1) is 31.1. The number of rotatable bonds is 13. The molecule has 0 radical (unpaired) electrons. The highest BCUT2D eigenvalue weighted by molar-refractivity contribution is 7.92. The maximum atomic E-state index is 13.4. The molecule has 0 saturated heterocycles. The van der Waals surface area contributed by atoms with Gasteiger partial charge >= 0.3 is 6.18 Å². The first-order valence-electron chi connectivity index (χ1n) is 12.6. The summed E-state index contributed by atoms with van der Waals surface area (Å²) < 4.78 is 65.2. The average molecular weight is 556 g/mol. The van der Waals surface area contributed by atoms with Gasteiger partial charge in [-0.2, -0.15) is 13.2 Å². The highest BCUT2D eigenvalue weighted by atomic mass is 32.2. The van der Waals surface area contributed by atoms with Crippen LogP contribution in [-0.4, -0.2) is 50.0 Å². The monoisotopic (exact) mass is 555 g/mol. The van der Waals surface area contributed by atoms with Crippen molar-refractivity contribution in [3.05, 3.63) is 65.7 Å². The molecule has 2 amide bonds. The number of hydrogen-bond acceptors (Lipinski definition) is 4. The van der Waals surface area contributed by atoms with Crippen LogP contribution >= 0.6 is 0 Å². The predicted molar refractivity (Wildman–Crippen MR) is 142 cm³/mol. The van der Waals surface area contributed by atoms with Crippen LogP contribution in [0.2, 0.25) is 0 Å². The number of carbonyl (C=O) groups is 2. The van der Waals surface area contributed by atoms with Crippen molar-refractivity contribution >= 4 is 27.5 Å². The van der Waals surface area contributed by atoms with Crippen molar-refractivity contribution in [3.63, 3.8) is 0 Å². The van der Waals surface area contributed by atoms with E-state index in [4.69, 9.17) is 0 Å². The van der Waals surface area contributed by atoms with E-state index in [1.807, 2.05) is 51.1 Å². The van der Waals surface area contributed by atoms with Gasteiger partial charge in [0.1, 0.15) is 6.04 Å². The topological polar surface area (TPSA) is 86.8 Å². The molecule has 210 valence electrons. The van der Waals surface area contributed by atoms with Crippen molar-refractivity contribution < 1.29 is 31.2 Å².